The van der Waals surface area contributed by atoms with Gasteiger partial charge in [0.05, 0.1) is 12.2 Å². The van der Waals surface area contributed by atoms with Crippen LogP contribution in [0.15, 0.2) is 23.4 Å². The van der Waals surface area contributed by atoms with Gasteiger partial charge in [-0.25, -0.2) is 17.9 Å². The molecular weight excluding hydrogens is 286 g/mol. The standard InChI is InChI=1S/C10H13N5O4S/c1-7-9(8(10(16)17)14-13-7)20(18,19)12-4-6-15-5-2-3-11-15/h2-3,5,12H,4,6H2,1H3,(H,13,14)(H,16,17). The van der Waals surface area contributed by atoms with Crippen molar-refractivity contribution in [3.8, 4) is 0 Å². The van der Waals surface area contributed by atoms with Gasteiger partial charge >= 0.3 is 5.97 Å². The van der Waals surface area contributed by atoms with E-state index < -0.39 is 21.7 Å². The molecule has 0 spiro atoms. The van der Waals surface area contributed by atoms with Crippen LogP contribution in [0.4, 0.5) is 0 Å². The van der Waals surface area contributed by atoms with E-state index in [0.29, 0.717) is 6.54 Å². The number of H-pyrrole nitrogens is 1. The van der Waals surface area contributed by atoms with Gasteiger partial charge in [0.15, 0.2) is 5.69 Å². The minimum atomic E-state index is -3.94. The van der Waals surface area contributed by atoms with E-state index in [1.54, 1.807) is 23.1 Å². The Balaban J connectivity index is 2.14. The number of aromatic carboxylic acids is 1. The summed E-state index contributed by atoms with van der Waals surface area (Å²) in [4.78, 5) is 10.6. The van der Waals surface area contributed by atoms with Crippen LogP contribution in [-0.2, 0) is 16.6 Å². The smallest absolute Gasteiger partial charge is 0.357 e. The summed E-state index contributed by atoms with van der Waals surface area (Å²) in [5.74, 6) is -1.40. The third-order valence-electron chi connectivity index (χ3n) is 2.55. The lowest BCUT2D eigenvalue weighted by Gasteiger charge is -2.07. The van der Waals surface area contributed by atoms with Gasteiger partial charge in [0.1, 0.15) is 4.90 Å². The summed E-state index contributed by atoms with van der Waals surface area (Å²) in [7, 11) is -3.94. The Kier molecular flexibility index (Phi) is 3.86. The maximum atomic E-state index is 12.1. The Morgan fingerprint density at radius 2 is 2.30 bits per heavy atom. The zero-order valence-electron chi connectivity index (χ0n) is 10.6. The maximum Gasteiger partial charge on any atom is 0.357 e. The highest BCUT2D eigenvalue weighted by Crippen LogP contribution is 2.17. The van der Waals surface area contributed by atoms with Gasteiger partial charge in [-0.15, -0.1) is 0 Å². The first-order chi connectivity index (χ1) is 9.42. The number of hydrogen-bond donors (Lipinski definition) is 3. The second kappa shape index (κ2) is 5.43. The average molecular weight is 299 g/mol. The largest absolute Gasteiger partial charge is 0.476 e. The number of carbonyl (C=O) groups is 1. The zero-order chi connectivity index (χ0) is 14.8. The van der Waals surface area contributed by atoms with Crippen molar-refractivity contribution < 1.29 is 18.3 Å². The van der Waals surface area contributed by atoms with E-state index in [0.717, 1.165) is 0 Å². The highest BCUT2D eigenvalue weighted by atomic mass is 32.2. The number of hydrogen-bond acceptors (Lipinski definition) is 5. The monoisotopic (exact) mass is 299 g/mol. The molecule has 0 amide bonds. The van der Waals surface area contributed by atoms with Crippen LogP contribution >= 0.6 is 0 Å². The molecule has 0 saturated heterocycles. The van der Waals surface area contributed by atoms with Gasteiger partial charge in [-0.05, 0) is 13.0 Å². The highest BCUT2D eigenvalue weighted by Gasteiger charge is 2.27. The lowest BCUT2D eigenvalue weighted by molar-refractivity contribution is 0.0686. The van der Waals surface area contributed by atoms with E-state index in [4.69, 9.17) is 5.11 Å². The van der Waals surface area contributed by atoms with Crippen molar-refractivity contribution >= 4 is 16.0 Å². The molecule has 0 bridgehead atoms. The molecule has 0 aliphatic rings. The highest BCUT2D eigenvalue weighted by molar-refractivity contribution is 7.89. The number of sulfonamides is 1. The minimum Gasteiger partial charge on any atom is -0.476 e. The summed E-state index contributed by atoms with van der Waals surface area (Å²) < 4.78 is 28.1. The molecule has 0 fully saturated rings. The van der Waals surface area contributed by atoms with Gasteiger partial charge in [-0.3, -0.25) is 9.78 Å². The van der Waals surface area contributed by atoms with Gasteiger partial charge in [-0.1, -0.05) is 0 Å². The number of rotatable bonds is 6. The predicted octanol–water partition coefficient (Wildman–Crippen LogP) is -0.409. The quantitative estimate of drug-likeness (QED) is 0.665. The summed E-state index contributed by atoms with van der Waals surface area (Å²) >= 11 is 0. The van der Waals surface area contributed by atoms with Gasteiger partial charge in [0, 0.05) is 18.9 Å². The Morgan fingerprint density at radius 1 is 1.55 bits per heavy atom. The lowest BCUT2D eigenvalue weighted by Crippen LogP contribution is -2.29. The van der Waals surface area contributed by atoms with Crippen LogP contribution in [0, 0.1) is 6.92 Å². The van der Waals surface area contributed by atoms with Crippen molar-refractivity contribution in [1.82, 2.24) is 24.7 Å². The van der Waals surface area contributed by atoms with E-state index in [-0.39, 0.29) is 17.1 Å². The second-order valence-corrected chi connectivity index (χ2v) is 5.70. The third kappa shape index (κ3) is 2.86. The van der Waals surface area contributed by atoms with Crippen molar-refractivity contribution in [3.05, 3.63) is 29.8 Å². The van der Waals surface area contributed by atoms with Crippen LogP contribution < -0.4 is 4.72 Å². The van der Waals surface area contributed by atoms with Gasteiger partial charge in [0.2, 0.25) is 10.0 Å². The number of nitrogens with zero attached hydrogens (tertiary/aromatic N) is 3. The molecule has 9 nitrogen and oxygen atoms in total. The molecule has 0 unspecified atom stereocenters. The fraction of sp³-hybridized carbons (Fsp3) is 0.300. The summed E-state index contributed by atoms with van der Waals surface area (Å²) in [6.07, 6.45) is 3.28. The van der Waals surface area contributed by atoms with Crippen molar-refractivity contribution in [2.45, 2.75) is 18.4 Å². The van der Waals surface area contributed by atoms with Crippen LogP contribution in [0.5, 0.6) is 0 Å². The lowest BCUT2D eigenvalue weighted by atomic mass is 10.4. The Hall–Kier alpha value is -2.20. The van der Waals surface area contributed by atoms with Crippen LogP contribution in [-0.4, -0.2) is 46.0 Å². The summed E-state index contributed by atoms with van der Waals surface area (Å²) in [5.41, 5.74) is -0.344. The Labute approximate surface area is 114 Å². The fourth-order valence-electron chi connectivity index (χ4n) is 1.69. The molecule has 3 N–H and O–H groups in total. The molecule has 2 rings (SSSR count). The molecular formula is C10H13N5O4S. The van der Waals surface area contributed by atoms with E-state index in [1.165, 1.54) is 6.92 Å². The Bertz CT molecular complexity index is 704. The third-order valence-corrected chi connectivity index (χ3v) is 4.18. The maximum absolute atomic E-state index is 12.1. The molecule has 0 saturated carbocycles. The van der Waals surface area contributed by atoms with E-state index in [2.05, 4.69) is 20.0 Å². The normalized spacial score (nSPS) is 11.7. The Morgan fingerprint density at radius 3 is 2.90 bits per heavy atom. The number of nitrogens with one attached hydrogen (secondary N) is 2. The van der Waals surface area contributed by atoms with Crippen LogP contribution in [0.25, 0.3) is 0 Å². The topological polar surface area (TPSA) is 130 Å². The average Bonchev–Trinajstić information content (AvgIpc) is 2.98. The number of carboxylic acids is 1. The van der Waals surface area contributed by atoms with E-state index >= 15 is 0 Å². The van der Waals surface area contributed by atoms with Gasteiger partial charge in [0.25, 0.3) is 0 Å². The van der Waals surface area contributed by atoms with E-state index in [9.17, 15) is 13.2 Å². The van der Waals surface area contributed by atoms with Crippen LogP contribution in [0.2, 0.25) is 0 Å². The summed E-state index contributed by atoms with van der Waals surface area (Å²) in [5, 5.41) is 18.7. The molecule has 2 aromatic rings. The molecule has 0 aliphatic carbocycles. The molecule has 10 heteroatoms. The fourth-order valence-corrected chi connectivity index (χ4v) is 3.03. The first-order valence-electron chi connectivity index (χ1n) is 5.67. The number of carboxylic acid groups (broad SMARTS) is 1. The number of aryl methyl sites for hydroxylation is 1. The van der Waals surface area contributed by atoms with Crippen LogP contribution in [0.1, 0.15) is 16.2 Å². The first-order valence-corrected chi connectivity index (χ1v) is 7.15. The molecule has 0 aromatic carbocycles. The van der Waals surface area contributed by atoms with Crippen LogP contribution in [0.3, 0.4) is 0 Å². The van der Waals surface area contributed by atoms with Gasteiger partial charge < -0.3 is 5.11 Å². The van der Waals surface area contributed by atoms with E-state index in [1.807, 2.05) is 0 Å². The zero-order valence-corrected chi connectivity index (χ0v) is 11.4. The summed E-state index contributed by atoms with van der Waals surface area (Å²) in [6, 6.07) is 1.72. The molecule has 108 valence electrons. The summed E-state index contributed by atoms with van der Waals surface area (Å²) in [6.45, 7) is 1.88. The number of aromatic amines is 1. The molecule has 0 radical (unpaired) electrons. The van der Waals surface area contributed by atoms with Gasteiger partial charge in [-0.2, -0.15) is 10.2 Å². The predicted molar refractivity (Wildman–Crippen MR) is 67.7 cm³/mol. The molecule has 20 heavy (non-hydrogen) atoms. The SMILES string of the molecule is Cc1[nH]nc(C(=O)O)c1S(=O)(=O)NCCn1cccn1. The van der Waals surface area contributed by atoms with Crippen molar-refractivity contribution in [3.63, 3.8) is 0 Å². The molecule has 2 aromatic heterocycles. The molecule has 2 heterocycles. The minimum absolute atomic E-state index is 0.0910. The van der Waals surface area contributed by atoms with Crippen molar-refractivity contribution in [2.24, 2.45) is 0 Å². The molecule has 0 atom stereocenters. The molecule has 0 aliphatic heterocycles. The first kappa shape index (κ1) is 14.2. The second-order valence-electron chi connectivity index (χ2n) is 4.00. The number of aromatic nitrogens is 4. The van der Waals surface area contributed by atoms with Crippen molar-refractivity contribution in [2.75, 3.05) is 6.54 Å². The van der Waals surface area contributed by atoms with Crippen molar-refractivity contribution in [1.29, 1.82) is 0 Å².